The zero-order valence-electron chi connectivity index (χ0n) is 13.9. The molecule has 1 aromatic heterocycles. The summed E-state index contributed by atoms with van der Waals surface area (Å²) in [5.41, 5.74) is 2.06. The second kappa shape index (κ2) is 6.00. The molecule has 1 saturated carbocycles. The molecule has 0 spiro atoms. The molecule has 0 amide bonds. The lowest BCUT2D eigenvalue weighted by molar-refractivity contribution is 0.378. The average Bonchev–Trinajstić information content (AvgIpc) is 3.25. The van der Waals surface area contributed by atoms with Crippen LogP contribution in [0.5, 0.6) is 0 Å². The molecule has 2 atom stereocenters. The third kappa shape index (κ3) is 3.02. The topological polar surface area (TPSA) is 99.1 Å². The first kappa shape index (κ1) is 16.9. The minimum absolute atomic E-state index is 0.0451. The minimum atomic E-state index is -3.70. The summed E-state index contributed by atoms with van der Waals surface area (Å²) < 4.78 is 42.0. The Labute approximate surface area is 149 Å². The van der Waals surface area contributed by atoms with Crippen molar-refractivity contribution in [1.82, 2.24) is 10.1 Å². The van der Waals surface area contributed by atoms with Gasteiger partial charge >= 0.3 is 0 Å². The van der Waals surface area contributed by atoms with Crippen LogP contribution in [0.1, 0.15) is 35.3 Å². The van der Waals surface area contributed by atoms with Gasteiger partial charge in [0.15, 0.2) is 0 Å². The van der Waals surface area contributed by atoms with E-state index in [1.807, 2.05) is 0 Å². The number of sulfonamides is 1. The largest absolute Gasteiger partial charge is 0.339 e. The number of nitrogens with two attached hydrogens (primary N) is 1. The maximum Gasteiger partial charge on any atom is 0.238 e. The van der Waals surface area contributed by atoms with Gasteiger partial charge in [0.05, 0.1) is 10.5 Å². The van der Waals surface area contributed by atoms with E-state index in [4.69, 9.17) is 9.66 Å². The molecule has 8 heteroatoms. The summed E-state index contributed by atoms with van der Waals surface area (Å²) in [6.07, 6.45) is 0.812. The van der Waals surface area contributed by atoms with E-state index in [-0.39, 0.29) is 28.4 Å². The number of aromatic nitrogens is 2. The van der Waals surface area contributed by atoms with Crippen LogP contribution in [-0.4, -0.2) is 18.6 Å². The molecule has 1 aliphatic carbocycles. The Balaban J connectivity index is 1.55. The number of rotatable bonds is 4. The Hall–Kier alpha value is -2.58. The van der Waals surface area contributed by atoms with Gasteiger partial charge in [-0.15, -0.1) is 0 Å². The molecule has 0 saturated heterocycles. The normalized spacial score (nSPS) is 19.5. The van der Waals surface area contributed by atoms with Gasteiger partial charge in [0.25, 0.3) is 0 Å². The third-order valence-electron chi connectivity index (χ3n) is 4.63. The van der Waals surface area contributed by atoms with Crippen LogP contribution in [0.25, 0.3) is 11.4 Å². The van der Waals surface area contributed by atoms with Crippen LogP contribution in [0.3, 0.4) is 0 Å². The summed E-state index contributed by atoms with van der Waals surface area (Å²) in [5, 5.41) is 9.03. The standard InChI is InChI=1S/C18H16FN3O3S/c1-10-3-2-4-15(19)16(10)17-21-18(25-22-17)14-9-13(14)11-5-7-12(8-6-11)26(20,23)24/h2-8,13-14H,9H2,1H3,(H2,20,23,24)/t13-,14+/m0/s1. The first-order chi connectivity index (χ1) is 12.3. The molecule has 0 aliphatic heterocycles. The maximum atomic E-state index is 14.1. The number of benzene rings is 2. The highest BCUT2D eigenvalue weighted by molar-refractivity contribution is 7.89. The monoisotopic (exact) mass is 373 g/mol. The average molecular weight is 373 g/mol. The van der Waals surface area contributed by atoms with Gasteiger partial charge in [0.1, 0.15) is 5.82 Å². The van der Waals surface area contributed by atoms with Gasteiger partial charge in [-0.25, -0.2) is 17.9 Å². The molecular weight excluding hydrogens is 357 g/mol. The first-order valence-corrected chi connectivity index (χ1v) is 9.61. The summed E-state index contributed by atoms with van der Waals surface area (Å²) >= 11 is 0. The van der Waals surface area contributed by atoms with Crippen LogP contribution in [0.2, 0.25) is 0 Å². The zero-order valence-corrected chi connectivity index (χ0v) is 14.7. The molecule has 0 unspecified atom stereocenters. The van der Waals surface area contributed by atoms with Crippen LogP contribution in [0.15, 0.2) is 51.9 Å². The molecule has 0 radical (unpaired) electrons. The fourth-order valence-electron chi connectivity index (χ4n) is 3.14. The minimum Gasteiger partial charge on any atom is -0.339 e. The molecule has 2 aromatic carbocycles. The van der Waals surface area contributed by atoms with Crippen molar-refractivity contribution >= 4 is 10.0 Å². The summed E-state index contributed by atoms with van der Waals surface area (Å²) in [7, 11) is -3.70. The lowest BCUT2D eigenvalue weighted by Gasteiger charge is -2.01. The molecule has 4 rings (SSSR count). The molecule has 2 N–H and O–H groups in total. The Morgan fingerprint density at radius 3 is 2.54 bits per heavy atom. The number of hydrogen-bond acceptors (Lipinski definition) is 5. The number of hydrogen-bond donors (Lipinski definition) is 1. The Morgan fingerprint density at radius 1 is 1.15 bits per heavy atom. The van der Waals surface area contributed by atoms with Crippen molar-refractivity contribution in [3.63, 3.8) is 0 Å². The zero-order chi connectivity index (χ0) is 18.5. The molecule has 3 aromatic rings. The Bertz CT molecular complexity index is 1060. The quantitative estimate of drug-likeness (QED) is 0.757. The lowest BCUT2D eigenvalue weighted by Crippen LogP contribution is -2.11. The van der Waals surface area contributed by atoms with Crippen LogP contribution in [-0.2, 0) is 10.0 Å². The SMILES string of the molecule is Cc1cccc(F)c1-c1noc([C@@H]2C[C@H]2c2ccc(S(N)(=O)=O)cc2)n1. The number of aryl methyl sites for hydroxylation is 1. The molecule has 6 nitrogen and oxygen atoms in total. The van der Waals surface area contributed by atoms with Crippen LogP contribution in [0, 0.1) is 12.7 Å². The molecule has 1 heterocycles. The fraction of sp³-hybridized carbons (Fsp3) is 0.222. The highest BCUT2D eigenvalue weighted by Gasteiger charge is 2.44. The van der Waals surface area contributed by atoms with Crippen molar-refractivity contribution in [2.75, 3.05) is 0 Å². The number of nitrogens with zero attached hydrogens (tertiary/aromatic N) is 2. The first-order valence-electron chi connectivity index (χ1n) is 8.06. The Kier molecular flexibility index (Phi) is 3.89. The highest BCUT2D eigenvalue weighted by atomic mass is 32.2. The van der Waals surface area contributed by atoms with Gasteiger partial charge < -0.3 is 4.52 Å². The van der Waals surface area contributed by atoms with Crippen molar-refractivity contribution in [2.45, 2.75) is 30.1 Å². The van der Waals surface area contributed by atoms with E-state index in [0.717, 1.165) is 17.5 Å². The van der Waals surface area contributed by atoms with E-state index >= 15 is 0 Å². The van der Waals surface area contributed by atoms with Crippen LogP contribution in [0.4, 0.5) is 4.39 Å². The number of halogens is 1. The van der Waals surface area contributed by atoms with Gasteiger partial charge in [-0.05, 0) is 48.6 Å². The van der Waals surface area contributed by atoms with E-state index in [9.17, 15) is 12.8 Å². The molecule has 134 valence electrons. The van der Waals surface area contributed by atoms with Gasteiger partial charge in [-0.2, -0.15) is 4.98 Å². The predicted molar refractivity (Wildman–Crippen MR) is 92.3 cm³/mol. The smallest absolute Gasteiger partial charge is 0.238 e. The number of primary sulfonamides is 1. The van der Waals surface area contributed by atoms with Crippen LogP contribution >= 0.6 is 0 Å². The second-order valence-electron chi connectivity index (χ2n) is 6.45. The van der Waals surface area contributed by atoms with E-state index in [0.29, 0.717) is 11.5 Å². The fourth-order valence-corrected chi connectivity index (χ4v) is 3.66. The van der Waals surface area contributed by atoms with Crippen molar-refractivity contribution in [3.05, 3.63) is 65.3 Å². The summed E-state index contributed by atoms with van der Waals surface area (Å²) in [6.45, 7) is 1.79. The van der Waals surface area contributed by atoms with E-state index in [1.165, 1.54) is 18.2 Å². The summed E-state index contributed by atoms with van der Waals surface area (Å²) in [6, 6.07) is 11.2. The molecular formula is C18H16FN3O3S. The van der Waals surface area contributed by atoms with E-state index in [2.05, 4.69) is 10.1 Å². The summed E-state index contributed by atoms with van der Waals surface area (Å²) in [5.74, 6) is 0.528. The third-order valence-corrected chi connectivity index (χ3v) is 5.56. The lowest BCUT2D eigenvalue weighted by atomic mass is 10.1. The maximum absolute atomic E-state index is 14.1. The highest BCUT2D eigenvalue weighted by Crippen LogP contribution is 2.54. The molecule has 1 aliphatic rings. The van der Waals surface area contributed by atoms with Crippen molar-refractivity contribution < 1.29 is 17.3 Å². The second-order valence-corrected chi connectivity index (χ2v) is 8.01. The predicted octanol–water partition coefficient (Wildman–Crippen LogP) is 3.10. The molecule has 1 fully saturated rings. The van der Waals surface area contributed by atoms with E-state index < -0.39 is 10.0 Å². The van der Waals surface area contributed by atoms with Gasteiger partial charge in [-0.3, -0.25) is 0 Å². The van der Waals surface area contributed by atoms with E-state index in [1.54, 1.807) is 31.2 Å². The summed E-state index contributed by atoms with van der Waals surface area (Å²) in [4.78, 5) is 4.44. The van der Waals surface area contributed by atoms with Gasteiger partial charge in [0.2, 0.25) is 21.7 Å². The van der Waals surface area contributed by atoms with Crippen molar-refractivity contribution in [2.24, 2.45) is 5.14 Å². The van der Waals surface area contributed by atoms with Gasteiger partial charge in [-0.1, -0.05) is 29.4 Å². The van der Waals surface area contributed by atoms with Gasteiger partial charge in [0, 0.05) is 5.92 Å². The molecule has 0 bridgehead atoms. The molecule has 26 heavy (non-hydrogen) atoms. The van der Waals surface area contributed by atoms with Crippen molar-refractivity contribution in [1.29, 1.82) is 0 Å². The van der Waals surface area contributed by atoms with Crippen molar-refractivity contribution in [3.8, 4) is 11.4 Å². The van der Waals surface area contributed by atoms with Crippen LogP contribution < -0.4 is 5.14 Å². The Morgan fingerprint density at radius 2 is 1.88 bits per heavy atom.